The van der Waals surface area contributed by atoms with Crippen LogP contribution < -0.4 is 0 Å². The van der Waals surface area contributed by atoms with Crippen molar-refractivity contribution in [1.82, 2.24) is 0 Å². The fourth-order valence-electron chi connectivity index (χ4n) is 8.27. The van der Waals surface area contributed by atoms with Gasteiger partial charge in [0.25, 0.3) is 0 Å². The van der Waals surface area contributed by atoms with Crippen molar-refractivity contribution in [3.8, 4) is 44.5 Å². The average molecular weight is 713 g/mol. The molecule has 2 aliphatic carbocycles. The molecule has 6 aromatic rings. The third-order valence-electron chi connectivity index (χ3n) is 10.5. The Balaban J connectivity index is 1.14. The second-order valence-corrected chi connectivity index (χ2v) is 33.9. The van der Waals surface area contributed by atoms with Crippen molar-refractivity contribution in [1.29, 1.82) is 0 Å². The van der Waals surface area contributed by atoms with Crippen LogP contribution in [0.3, 0.4) is 0 Å². The summed E-state index contributed by atoms with van der Waals surface area (Å²) in [5, 5.41) is 0. The number of rotatable bonds is 7. The molecule has 0 radical (unpaired) electrons. The number of allylic oxidation sites excluding steroid dienone is 2. The molecule has 6 aromatic carbocycles. The van der Waals surface area contributed by atoms with E-state index in [9.17, 15) is 0 Å². The monoisotopic (exact) mass is 711 g/mol. The van der Waals surface area contributed by atoms with Gasteiger partial charge in [0.2, 0.25) is 0 Å². The topological polar surface area (TPSA) is 0 Å². The van der Waals surface area contributed by atoms with Crippen molar-refractivity contribution in [2.45, 2.75) is 34.2 Å². The summed E-state index contributed by atoms with van der Waals surface area (Å²) < 4.78 is 1.26. The van der Waals surface area contributed by atoms with Gasteiger partial charge < -0.3 is 0 Å². The zero-order valence-corrected chi connectivity index (χ0v) is 31.9. The van der Waals surface area contributed by atoms with E-state index in [1.54, 1.807) is 22.3 Å². The Morgan fingerprint density at radius 2 is 0.750 bits per heavy atom. The van der Waals surface area contributed by atoms with Crippen molar-refractivity contribution in [2.75, 3.05) is 0 Å². The average Bonchev–Trinajstić information content (AvgIpc) is 3.64. The van der Waals surface area contributed by atoms with Gasteiger partial charge in [0.05, 0.1) is 0 Å². The summed E-state index contributed by atoms with van der Waals surface area (Å²) in [5.41, 5.74) is 19.8. The van der Waals surface area contributed by atoms with Crippen molar-refractivity contribution in [2.24, 2.45) is 0 Å². The molecule has 0 saturated carbocycles. The summed E-state index contributed by atoms with van der Waals surface area (Å²) in [7, 11) is 0. The fraction of sp³-hybridized carbons (Fsp3) is 0.130. The first kappa shape index (κ1) is 31.2. The Bertz CT molecular complexity index is 2000. The first-order valence-electron chi connectivity index (χ1n) is 17.3. The van der Waals surface area contributed by atoms with Gasteiger partial charge in [0.1, 0.15) is 0 Å². The van der Waals surface area contributed by atoms with Gasteiger partial charge in [-0.25, -0.2) is 0 Å². The van der Waals surface area contributed by atoms with Crippen LogP contribution in [-0.2, 0) is 20.9 Å². The van der Waals surface area contributed by atoms with Gasteiger partial charge in [-0.3, -0.25) is 0 Å². The van der Waals surface area contributed by atoms with Crippen LogP contribution in [-0.4, -0.2) is 5.92 Å². The number of fused-ring (bicyclic) bond motifs is 2. The van der Waals surface area contributed by atoms with Crippen molar-refractivity contribution in [3.05, 3.63) is 179 Å². The summed E-state index contributed by atoms with van der Waals surface area (Å²) in [6.07, 6.45) is 5.11. The van der Waals surface area contributed by atoms with Gasteiger partial charge in [0.15, 0.2) is 0 Å². The fourth-order valence-corrected chi connectivity index (χ4v) is 31.5. The van der Waals surface area contributed by atoms with Gasteiger partial charge in [-0.05, 0) is 0 Å². The number of hydrogen-bond donors (Lipinski definition) is 0. The van der Waals surface area contributed by atoms with Gasteiger partial charge in [-0.1, -0.05) is 0 Å². The minimum atomic E-state index is -2.12. The minimum absolute atomic E-state index is 0.630. The van der Waals surface area contributed by atoms with E-state index in [1.165, 1.54) is 55.6 Å². The molecule has 0 bridgehead atoms. The van der Waals surface area contributed by atoms with Crippen LogP contribution in [0.4, 0.5) is 0 Å². The molecule has 0 spiro atoms. The molecule has 2 unspecified atom stereocenters. The van der Waals surface area contributed by atoms with Crippen LogP contribution in [0, 0.1) is 0 Å². The van der Waals surface area contributed by atoms with Gasteiger partial charge >= 0.3 is 297 Å². The van der Waals surface area contributed by atoms with Crippen LogP contribution in [0.2, 0.25) is 13.1 Å². The van der Waals surface area contributed by atoms with Gasteiger partial charge in [-0.2, -0.15) is 0 Å². The Hall–Kier alpha value is -4.10. The first-order valence-corrected chi connectivity index (χ1v) is 27.3. The Kier molecular flexibility index (Phi) is 8.49. The molecule has 0 fully saturated rings. The predicted octanol–water partition coefficient (Wildman–Crippen LogP) is 12.6. The SMILES string of the molecule is CC1=Cc2c(-c3ccc(-c4ccccc4)cc3)cccc2[CH]1[Zr]([CH]1C(C)=Cc2c(-c3ccc(-c4ccccc4)cc3)cccc21)[SiH](C)C. The van der Waals surface area contributed by atoms with E-state index in [-0.39, 0.29) is 0 Å². The second-order valence-electron chi connectivity index (χ2n) is 13.8. The maximum atomic E-state index is 2.66. The van der Waals surface area contributed by atoms with E-state index in [0.717, 1.165) is 0 Å². The van der Waals surface area contributed by atoms with E-state index >= 15 is 0 Å². The van der Waals surface area contributed by atoms with Crippen LogP contribution in [0.5, 0.6) is 0 Å². The third-order valence-corrected chi connectivity index (χ3v) is 32.7. The second kappa shape index (κ2) is 13.1. The zero-order valence-electron chi connectivity index (χ0n) is 28.2. The van der Waals surface area contributed by atoms with Crippen LogP contribution >= 0.6 is 0 Å². The summed E-state index contributed by atoms with van der Waals surface area (Å²) >= 11 is -2.12. The summed E-state index contributed by atoms with van der Waals surface area (Å²) in [6, 6.07) is 54.1. The standard InChI is InChI=1S/2C22H17.C2H7Si.Zr/c2*1-16-14-20-8-5-9-21(22(20)15-16)19-12-10-18(11-13-19)17-6-3-2-4-7-17;1-3-2;/h2*2-15H,1H3;3H,1-2H3;. The van der Waals surface area contributed by atoms with E-state index in [4.69, 9.17) is 0 Å². The molecule has 0 nitrogen and oxygen atoms in total. The summed E-state index contributed by atoms with van der Waals surface area (Å²) in [6.45, 7) is 10.2. The molecule has 0 heterocycles. The van der Waals surface area contributed by atoms with Crippen LogP contribution in [0.25, 0.3) is 56.7 Å². The molecule has 2 aliphatic rings. The first-order chi connectivity index (χ1) is 23.5. The van der Waals surface area contributed by atoms with Crippen LogP contribution in [0.15, 0.2) is 157 Å². The zero-order chi connectivity index (χ0) is 32.8. The Morgan fingerprint density at radius 3 is 1.12 bits per heavy atom. The normalized spacial score (nSPS) is 16.4. The molecule has 0 aromatic heterocycles. The molecule has 0 amide bonds. The van der Waals surface area contributed by atoms with E-state index in [0.29, 0.717) is 7.25 Å². The van der Waals surface area contributed by atoms with Gasteiger partial charge in [0, 0.05) is 0 Å². The summed E-state index contributed by atoms with van der Waals surface area (Å²) in [4.78, 5) is 0. The molecule has 2 heteroatoms. The van der Waals surface area contributed by atoms with Crippen LogP contribution in [0.1, 0.15) is 43.4 Å². The number of hydrogen-bond acceptors (Lipinski definition) is 0. The predicted molar refractivity (Wildman–Crippen MR) is 206 cm³/mol. The van der Waals surface area contributed by atoms with Gasteiger partial charge in [-0.15, -0.1) is 0 Å². The molecule has 233 valence electrons. The molecule has 0 N–H and O–H groups in total. The Morgan fingerprint density at radius 1 is 0.396 bits per heavy atom. The van der Waals surface area contributed by atoms with Crippen molar-refractivity contribution < 1.29 is 20.9 Å². The molecule has 0 saturated heterocycles. The van der Waals surface area contributed by atoms with Crippen molar-refractivity contribution >= 4 is 18.1 Å². The molecule has 48 heavy (non-hydrogen) atoms. The van der Waals surface area contributed by atoms with E-state index in [2.05, 4.69) is 185 Å². The molecule has 2 atom stereocenters. The quantitative estimate of drug-likeness (QED) is 0.145. The molecule has 0 aliphatic heterocycles. The summed E-state index contributed by atoms with van der Waals surface area (Å²) in [5.74, 6) is -0.934. The Labute approximate surface area is 294 Å². The van der Waals surface area contributed by atoms with E-state index in [1.807, 2.05) is 0 Å². The van der Waals surface area contributed by atoms with E-state index < -0.39 is 26.8 Å². The molecule has 8 rings (SSSR count). The number of benzene rings is 6. The maximum absolute atomic E-state index is 2.66. The van der Waals surface area contributed by atoms with Crippen molar-refractivity contribution in [3.63, 3.8) is 0 Å². The third kappa shape index (κ3) is 5.60. The molecular weight excluding hydrogens is 672 g/mol. The molecular formula is C46H41SiZr.